The second-order valence-corrected chi connectivity index (χ2v) is 7.12. The van der Waals surface area contributed by atoms with E-state index in [0.717, 1.165) is 16.7 Å². The average Bonchev–Trinajstić information content (AvgIpc) is 3.04. The molecule has 0 radical (unpaired) electrons. The van der Waals surface area contributed by atoms with Gasteiger partial charge in [0.05, 0.1) is 44.2 Å². The van der Waals surface area contributed by atoms with Gasteiger partial charge in [-0.05, 0) is 47.7 Å². The number of thioether (sulfide) groups is 1. The first-order valence-corrected chi connectivity index (χ1v) is 9.68. The molecule has 1 aliphatic rings. The Hall–Kier alpha value is -3.46. The van der Waals surface area contributed by atoms with E-state index in [1.165, 1.54) is 14.2 Å². The number of imide groups is 1. The van der Waals surface area contributed by atoms with Crippen molar-refractivity contribution in [3.63, 3.8) is 0 Å². The van der Waals surface area contributed by atoms with Gasteiger partial charge in [-0.1, -0.05) is 12.1 Å². The number of nitrogens with one attached hydrogen (secondary N) is 1. The van der Waals surface area contributed by atoms with E-state index in [4.69, 9.17) is 9.47 Å². The van der Waals surface area contributed by atoms with E-state index in [0.29, 0.717) is 33.2 Å². The Morgan fingerprint density at radius 2 is 1.80 bits per heavy atom. The zero-order chi connectivity index (χ0) is 21.7. The lowest BCUT2D eigenvalue weighted by Gasteiger charge is -2.17. The van der Waals surface area contributed by atoms with E-state index in [2.05, 4.69) is 10.1 Å². The number of anilines is 1. The minimum Gasteiger partial charge on any atom is -0.497 e. The molecule has 2 amide bonds. The van der Waals surface area contributed by atoms with Gasteiger partial charge in [0.1, 0.15) is 11.5 Å². The van der Waals surface area contributed by atoms with Crippen molar-refractivity contribution in [2.24, 2.45) is 0 Å². The maximum Gasteiger partial charge on any atom is 0.337 e. The number of rotatable bonds is 7. The molecule has 0 spiro atoms. The van der Waals surface area contributed by atoms with Gasteiger partial charge in [-0.2, -0.15) is 0 Å². The highest BCUT2D eigenvalue weighted by Gasteiger charge is 2.35. The lowest BCUT2D eigenvalue weighted by molar-refractivity contribution is -0.122. The van der Waals surface area contributed by atoms with E-state index in [-0.39, 0.29) is 11.9 Å². The Bertz CT molecular complexity index is 1000. The second-order valence-electron chi connectivity index (χ2n) is 6.12. The lowest BCUT2D eigenvalue weighted by Crippen LogP contribution is -2.33. The van der Waals surface area contributed by atoms with Crippen LogP contribution in [0.3, 0.4) is 0 Å². The summed E-state index contributed by atoms with van der Waals surface area (Å²) < 4.78 is 15.1. The summed E-state index contributed by atoms with van der Waals surface area (Å²) in [7, 11) is 4.38. The van der Waals surface area contributed by atoms with Gasteiger partial charge < -0.3 is 19.5 Å². The van der Waals surface area contributed by atoms with E-state index >= 15 is 0 Å². The molecule has 1 heterocycles. The van der Waals surface area contributed by atoms with Gasteiger partial charge >= 0.3 is 5.97 Å². The molecule has 30 heavy (non-hydrogen) atoms. The van der Waals surface area contributed by atoms with Gasteiger partial charge in [-0.25, -0.2) is 4.79 Å². The normalized spacial score (nSPS) is 14.8. The van der Waals surface area contributed by atoms with Gasteiger partial charge in [-0.3, -0.25) is 14.5 Å². The summed E-state index contributed by atoms with van der Waals surface area (Å²) in [6.07, 6.45) is 1.61. The summed E-state index contributed by atoms with van der Waals surface area (Å²) in [5.74, 6) is 0.316. The van der Waals surface area contributed by atoms with Crippen LogP contribution in [0.5, 0.6) is 11.5 Å². The lowest BCUT2D eigenvalue weighted by atomic mass is 10.1. The standard InChI is InChI=1S/C21H20N2O6S/c1-27-15-8-9-16(17(11-15)28-2)22-12-23-19(24)18(30-21(23)26)10-13-4-6-14(7-5-13)20(25)29-3/h4-11,22H,12H2,1-3H3/b18-10+. The summed E-state index contributed by atoms with van der Waals surface area (Å²) in [4.78, 5) is 37.9. The summed E-state index contributed by atoms with van der Waals surface area (Å²) in [6, 6.07) is 11.8. The number of nitrogens with zero attached hydrogens (tertiary/aromatic N) is 1. The predicted molar refractivity (Wildman–Crippen MR) is 114 cm³/mol. The van der Waals surface area contributed by atoms with E-state index in [9.17, 15) is 14.4 Å². The number of methoxy groups -OCH3 is 3. The molecule has 1 fully saturated rings. The van der Waals surface area contributed by atoms with Crippen molar-refractivity contribution in [2.75, 3.05) is 33.3 Å². The fourth-order valence-corrected chi connectivity index (χ4v) is 3.57. The zero-order valence-electron chi connectivity index (χ0n) is 16.6. The fourth-order valence-electron chi connectivity index (χ4n) is 2.73. The van der Waals surface area contributed by atoms with E-state index < -0.39 is 11.9 Å². The molecule has 1 aliphatic heterocycles. The molecule has 0 aliphatic carbocycles. The molecule has 3 rings (SSSR count). The Balaban J connectivity index is 1.70. The van der Waals surface area contributed by atoms with Gasteiger partial charge in [0.15, 0.2) is 0 Å². The van der Waals surface area contributed by atoms with Crippen molar-refractivity contribution in [1.29, 1.82) is 0 Å². The monoisotopic (exact) mass is 428 g/mol. The van der Waals surface area contributed by atoms with Crippen LogP contribution in [-0.2, 0) is 9.53 Å². The molecule has 1 N–H and O–H groups in total. The molecule has 0 bridgehead atoms. The highest BCUT2D eigenvalue weighted by atomic mass is 32.2. The number of hydrogen-bond donors (Lipinski definition) is 1. The number of hydrogen-bond acceptors (Lipinski definition) is 8. The van der Waals surface area contributed by atoms with Crippen molar-refractivity contribution >= 4 is 40.6 Å². The average molecular weight is 428 g/mol. The first-order valence-electron chi connectivity index (χ1n) is 8.86. The molecule has 8 nitrogen and oxygen atoms in total. The molecule has 2 aromatic rings. The minimum atomic E-state index is -0.443. The zero-order valence-corrected chi connectivity index (χ0v) is 17.4. The smallest absolute Gasteiger partial charge is 0.337 e. The van der Waals surface area contributed by atoms with Crippen LogP contribution in [0.15, 0.2) is 47.4 Å². The summed E-state index contributed by atoms with van der Waals surface area (Å²) >= 11 is 0.858. The van der Waals surface area contributed by atoms with E-state index in [1.807, 2.05) is 0 Å². The summed E-state index contributed by atoms with van der Waals surface area (Å²) in [6.45, 7) is -0.00796. The molecule has 9 heteroatoms. The first kappa shape index (κ1) is 21.3. The van der Waals surface area contributed by atoms with Crippen LogP contribution >= 0.6 is 11.8 Å². The van der Waals surface area contributed by atoms with E-state index in [1.54, 1.807) is 55.7 Å². The second kappa shape index (κ2) is 9.36. The summed E-state index contributed by atoms with van der Waals surface area (Å²) in [5.41, 5.74) is 1.72. The fraction of sp³-hybridized carbons (Fsp3) is 0.190. The van der Waals surface area contributed by atoms with Crippen LogP contribution in [-0.4, -0.2) is 50.0 Å². The van der Waals surface area contributed by atoms with Crippen molar-refractivity contribution in [3.8, 4) is 11.5 Å². The Morgan fingerprint density at radius 1 is 1.07 bits per heavy atom. The SMILES string of the molecule is COC(=O)c1ccc(/C=C2/SC(=O)N(CNc3ccc(OC)cc3OC)C2=O)cc1. The Morgan fingerprint density at radius 3 is 2.43 bits per heavy atom. The maximum absolute atomic E-state index is 12.7. The number of carbonyl (C=O) groups excluding carboxylic acids is 3. The first-order chi connectivity index (χ1) is 14.5. The molecule has 0 saturated carbocycles. The quantitative estimate of drug-likeness (QED) is 0.528. The van der Waals surface area contributed by atoms with Gasteiger partial charge in [0.2, 0.25) is 0 Å². The number of amides is 2. The topological polar surface area (TPSA) is 94.2 Å². The summed E-state index contributed by atoms with van der Waals surface area (Å²) in [5, 5.41) is 2.66. The molecule has 0 unspecified atom stereocenters. The van der Waals surface area contributed by atoms with Crippen molar-refractivity contribution < 1.29 is 28.6 Å². The van der Waals surface area contributed by atoms with Gasteiger partial charge in [0.25, 0.3) is 11.1 Å². The molecule has 1 saturated heterocycles. The van der Waals surface area contributed by atoms with Gasteiger partial charge in [-0.15, -0.1) is 0 Å². The van der Waals surface area contributed by atoms with Crippen LogP contribution in [0.25, 0.3) is 6.08 Å². The van der Waals surface area contributed by atoms with Crippen LogP contribution in [0.4, 0.5) is 10.5 Å². The van der Waals surface area contributed by atoms with Crippen molar-refractivity contribution in [2.45, 2.75) is 0 Å². The maximum atomic E-state index is 12.7. The number of esters is 1. The van der Waals surface area contributed by atoms with Crippen molar-refractivity contribution in [3.05, 3.63) is 58.5 Å². The highest BCUT2D eigenvalue weighted by Crippen LogP contribution is 2.33. The predicted octanol–water partition coefficient (Wildman–Crippen LogP) is 3.60. The Labute approximate surface area is 177 Å². The van der Waals surface area contributed by atoms with Gasteiger partial charge in [0, 0.05) is 6.07 Å². The molecule has 156 valence electrons. The molecule has 2 aromatic carbocycles. The van der Waals surface area contributed by atoms with Crippen LogP contribution in [0, 0.1) is 0 Å². The van der Waals surface area contributed by atoms with Crippen LogP contribution in [0.1, 0.15) is 15.9 Å². The van der Waals surface area contributed by atoms with Crippen LogP contribution in [0.2, 0.25) is 0 Å². The molecular weight excluding hydrogens is 408 g/mol. The Kier molecular flexibility index (Phi) is 6.63. The largest absolute Gasteiger partial charge is 0.497 e. The minimum absolute atomic E-state index is 0.00796. The molecule has 0 aromatic heterocycles. The number of benzene rings is 2. The third kappa shape index (κ3) is 4.57. The van der Waals surface area contributed by atoms with Crippen LogP contribution < -0.4 is 14.8 Å². The molecule has 0 atom stereocenters. The third-order valence-electron chi connectivity index (χ3n) is 4.34. The molecular formula is C21H20N2O6S. The third-order valence-corrected chi connectivity index (χ3v) is 5.25. The van der Waals surface area contributed by atoms with Crippen molar-refractivity contribution in [1.82, 2.24) is 4.90 Å². The number of ether oxygens (including phenoxy) is 3. The highest BCUT2D eigenvalue weighted by molar-refractivity contribution is 8.18. The number of carbonyl (C=O) groups is 3.